The number of anilines is 1. The summed E-state index contributed by atoms with van der Waals surface area (Å²) in [5.41, 5.74) is 1.79. The summed E-state index contributed by atoms with van der Waals surface area (Å²) >= 11 is 0. The number of amides is 3. The zero-order valence-electron chi connectivity index (χ0n) is 15.2. The van der Waals surface area contributed by atoms with Gasteiger partial charge in [0.2, 0.25) is 5.91 Å². The van der Waals surface area contributed by atoms with E-state index in [0.29, 0.717) is 16.8 Å². The van der Waals surface area contributed by atoms with Gasteiger partial charge < -0.3 is 10.6 Å². The van der Waals surface area contributed by atoms with E-state index in [0.717, 1.165) is 0 Å². The number of nitrogens with zero attached hydrogens (tertiary/aromatic N) is 2. The molecular weight excluding hydrogens is 363 g/mol. The van der Waals surface area contributed by atoms with Crippen LogP contribution in [-0.4, -0.2) is 35.5 Å². The van der Waals surface area contributed by atoms with Gasteiger partial charge in [0.1, 0.15) is 11.5 Å². The van der Waals surface area contributed by atoms with Gasteiger partial charge in [0.05, 0.1) is 6.54 Å². The number of carbonyl (C=O) groups is 3. The molecule has 7 nitrogen and oxygen atoms in total. The van der Waals surface area contributed by atoms with E-state index >= 15 is 0 Å². The third kappa shape index (κ3) is 4.59. The highest BCUT2D eigenvalue weighted by molar-refractivity contribution is 6.43. The molecule has 1 heterocycles. The van der Waals surface area contributed by atoms with Crippen molar-refractivity contribution in [3.8, 4) is 0 Å². The van der Waals surface area contributed by atoms with E-state index in [4.69, 9.17) is 0 Å². The first kappa shape index (κ1) is 19.2. The predicted molar refractivity (Wildman–Crippen MR) is 102 cm³/mol. The van der Waals surface area contributed by atoms with Crippen LogP contribution in [0.25, 0.3) is 0 Å². The summed E-state index contributed by atoms with van der Waals surface area (Å²) in [7, 11) is 1.52. The molecule has 0 aliphatic carbocycles. The molecule has 0 bridgehead atoms. The molecule has 0 saturated heterocycles. The highest BCUT2D eigenvalue weighted by Crippen LogP contribution is 2.16. The number of hydrogen-bond donors (Lipinski definition) is 2. The van der Waals surface area contributed by atoms with Crippen LogP contribution in [0.15, 0.2) is 53.6 Å². The molecule has 3 rings (SSSR count). The first-order valence-electron chi connectivity index (χ1n) is 8.72. The molecule has 0 spiro atoms. The van der Waals surface area contributed by atoms with E-state index in [1.54, 1.807) is 36.4 Å². The van der Waals surface area contributed by atoms with Crippen LogP contribution < -0.4 is 10.6 Å². The average molecular weight is 382 g/mol. The van der Waals surface area contributed by atoms with Gasteiger partial charge in [0, 0.05) is 31.1 Å². The second-order valence-corrected chi connectivity index (χ2v) is 6.24. The van der Waals surface area contributed by atoms with Gasteiger partial charge in [-0.05, 0) is 35.9 Å². The highest BCUT2D eigenvalue weighted by atomic mass is 19.1. The second kappa shape index (κ2) is 8.43. The first-order valence-corrected chi connectivity index (χ1v) is 8.72. The molecule has 144 valence electrons. The maximum absolute atomic E-state index is 13.0. The fourth-order valence-electron chi connectivity index (χ4n) is 2.74. The number of benzene rings is 2. The molecule has 0 saturated carbocycles. The van der Waals surface area contributed by atoms with Crippen molar-refractivity contribution in [1.82, 2.24) is 10.3 Å². The van der Waals surface area contributed by atoms with Gasteiger partial charge in [0.25, 0.3) is 11.8 Å². The van der Waals surface area contributed by atoms with Crippen molar-refractivity contribution in [2.75, 3.05) is 12.4 Å². The third-order valence-electron chi connectivity index (χ3n) is 4.22. The lowest BCUT2D eigenvalue weighted by Crippen LogP contribution is -2.36. The van der Waals surface area contributed by atoms with Gasteiger partial charge in [-0.1, -0.05) is 18.2 Å². The average Bonchev–Trinajstić information content (AvgIpc) is 2.70. The van der Waals surface area contributed by atoms with E-state index in [9.17, 15) is 18.8 Å². The Balaban J connectivity index is 1.73. The van der Waals surface area contributed by atoms with Gasteiger partial charge >= 0.3 is 0 Å². The topological polar surface area (TPSA) is 90.9 Å². The molecule has 3 amide bonds. The summed E-state index contributed by atoms with van der Waals surface area (Å²) in [6.07, 6.45) is 0.380. The summed E-state index contributed by atoms with van der Waals surface area (Å²) in [4.78, 5) is 36.4. The molecular formula is C20H19FN4O3. The van der Waals surface area contributed by atoms with Gasteiger partial charge in [0.15, 0.2) is 0 Å². The summed E-state index contributed by atoms with van der Waals surface area (Å²) < 4.78 is 13.0. The summed E-state index contributed by atoms with van der Waals surface area (Å²) in [6, 6.07) is 12.3. The molecule has 0 atom stereocenters. The minimum atomic E-state index is -0.439. The Morgan fingerprint density at radius 2 is 1.86 bits per heavy atom. The monoisotopic (exact) mass is 382 g/mol. The molecule has 2 N–H and O–H groups in total. The van der Waals surface area contributed by atoms with Gasteiger partial charge in [-0.15, -0.1) is 0 Å². The number of halogens is 1. The number of carbonyl (C=O) groups excluding carboxylic acids is 3. The molecule has 28 heavy (non-hydrogen) atoms. The number of nitrogens with one attached hydrogen (secondary N) is 2. The standard InChI is InChI=1S/C20H19FN4O3/c1-22-19(27)14-3-2-4-16(11-14)23-20(28)17-9-10-18(26)25(24-17)12-13-5-7-15(21)8-6-13/h2-8,11H,9-10,12H2,1H3,(H,22,27)(H,23,28). The predicted octanol–water partition coefficient (Wildman–Crippen LogP) is 2.30. The minimum absolute atomic E-state index is 0.155. The fourth-order valence-corrected chi connectivity index (χ4v) is 2.74. The maximum Gasteiger partial charge on any atom is 0.271 e. The van der Waals surface area contributed by atoms with Crippen LogP contribution >= 0.6 is 0 Å². The highest BCUT2D eigenvalue weighted by Gasteiger charge is 2.24. The fraction of sp³-hybridized carbons (Fsp3) is 0.200. The summed E-state index contributed by atoms with van der Waals surface area (Å²) in [6.45, 7) is 0.155. The van der Waals surface area contributed by atoms with Crippen molar-refractivity contribution >= 4 is 29.1 Å². The Kier molecular flexibility index (Phi) is 5.78. The van der Waals surface area contributed by atoms with Crippen LogP contribution in [0.3, 0.4) is 0 Å². The molecule has 0 aromatic heterocycles. The summed E-state index contributed by atoms with van der Waals surface area (Å²) in [5, 5.41) is 10.6. The van der Waals surface area contributed by atoms with E-state index in [1.807, 2.05) is 0 Å². The molecule has 2 aromatic rings. The smallest absolute Gasteiger partial charge is 0.271 e. The van der Waals surface area contributed by atoms with Crippen LogP contribution in [0.5, 0.6) is 0 Å². The number of rotatable bonds is 5. The SMILES string of the molecule is CNC(=O)c1cccc(NC(=O)C2=NN(Cc3ccc(F)cc3)C(=O)CC2)c1. The second-order valence-electron chi connectivity index (χ2n) is 6.24. The van der Waals surface area contributed by atoms with Crippen LogP contribution in [0, 0.1) is 5.82 Å². The van der Waals surface area contributed by atoms with Crippen molar-refractivity contribution < 1.29 is 18.8 Å². The Morgan fingerprint density at radius 1 is 1.11 bits per heavy atom. The van der Waals surface area contributed by atoms with Crippen molar-refractivity contribution in [2.24, 2.45) is 5.10 Å². The first-order chi connectivity index (χ1) is 13.5. The lowest BCUT2D eigenvalue weighted by molar-refractivity contribution is -0.132. The zero-order chi connectivity index (χ0) is 20.1. The van der Waals surface area contributed by atoms with E-state index in [1.165, 1.54) is 24.2 Å². The maximum atomic E-state index is 13.0. The quantitative estimate of drug-likeness (QED) is 0.831. The van der Waals surface area contributed by atoms with E-state index in [2.05, 4.69) is 15.7 Å². The largest absolute Gasteiger partial charge is 0.355 e. The Labute approximate surface area is 161 Å². The molecule has 8 heteroatoms. The normalized spacial score (nSPS) is 13.7. The van der Waals surface area contributed by atoms with Gasteiger partial charge in [-0.25, -0.2) is 9.40 Å². The molecule has 0 radical (unpaired) electrons. The molecule has 0 unspecified atom stereocenters. The zero-order valence-corrected chi connectivity index (χ0v) is 15.2. The van der Waals surface area contributed by atoms with Crippen LogP contribution in [0.2, 0.25) is 0 Å². The number of hydrogen-bond acceptors (Lipinski definition) is 4. The van der Waals surface area contributed by atoms with E-state index < -0.39 is 5.91 Å². The van der Waals surface area contributed by atoms with Crippen LogP contribution in [0.1, 0.15) is 28.8 Å². The number of hydrazone groups is 1. The molecule has 1 aliphatic rings. The molecule has 1 aliphatic heterocycles. The Hall–Kier alpha value is -3.55. The summed E-state index contributed by atoms with van der Waals surface area (Å²) in [5.74, 6) is -1.27. The lowest BCUT2D eigenvalue weighted by Gasteiger charge is -2.23. The van der Waals surface area contributed by atoms with Crippen molar-refractivity contribution in [3.63, 3.8) is 0 Å². The van der Waals surface area contributed by atoms with E-state index in [-0.39, 0.29) is 42.7 Å². The minimum Gasteiger partial charge on any atom is -0.355 e. The third-order valence-corrected chi connectivity index (χ3v) is 4.22. The van der Waals surface area contributed by atoms with Crippen molar-refractivity contribution in [2.45, 2.75) is 19.4 Å². The van der Waals surface area contributed by atoms with Gasteiger partial charge in [-0.3, -0.25) is 14.4 Å². The van der Waals surface area contributed by atoms with Crippen molar-refractivity contribution in [1.29, 1.82) is 0 Å². The lowest BCUT2D eigenvalue weighted by atomic mass is 10.1. The van der Waals surface area contributed by atoms with Crippen molar-refractivity contribution in [3.05, 3.63) is 65.5 Å². The Morgan fingerprint density at radius 3 is 2.57 bits per heavy atom. The molecule has 0 fully saturated rings. The molecule has 2 aromatic carbocycles. The van der Waals surface area contributed by atoms with Gasteiger partial charge in [-0.2, -0.15) is 5.10 Å². The van der Waals surface area contributed by atoms with Crippen LogP contribution in [0.4, 0.5) is 10.1 Å². The van der Waals surface area contributed by atoms with Crippen LogP contribution in [-0.2, 0) is 16.1 Å². The Bertz CT molecular complexity index is 941.